The smallest absolute Gasteiger partial charge is 0.105 e. The van der Waals surface area contributed by atoms with Gasteiger partial charge in [0.1, 0.15) is 7.85 Å². The number of hydrogen-bond donors (Lipinski definition) is 1. The normalized spacial score (nSPS) is 26.0. The molecule has 2 heterocycles. The highest BCUT2D eigenvalue weighted by atomic mass is 15.3. The number of fused-ring (bicyclic) bond motifs is 3. The van der Waals surface area contributed by atoms with Crippen molar-refractivity contribution in [3.63, 3.8) is 0 Å². The van der Waals surface area contributed by atoms with E-state index in [1.807, 2.05) is 0 Å². The summed E-state index contributed by atoms with van der Waals surface area (Å²) >= 11 is 0. The third-order valence-corrected chi connectivity index (χ3v) is 5.83. The van der Waals surface area contributed by atoms with Gasteiger partial charge in [-0.25, -0.2) is 0 Å². The highest BCUT2D eigenvalue weighted by molar-refractivity contribution is 6.11. The second kappa shape index (κ2) is 5.44. The molecule has 1 saturated carbocycles. The lowest BCUT2D eigenvalue weighted by Crippen LogP contribution is -2.26. The van der Waals surface area contributed by atoms with Crippen LogP contribution in [0.4, 0.5) is 0 Å². The first-order chi connectivity index (χ1) is 10.3. The number of benzene rings is 1. The van der Waals surface area contributed by atoms with E-state index < -0.39 is 0 Å². The van der Waals surface area contributed by atoms with Gasteiger partial charge in [0.05, 0.1) is 18.4 Å². The Labute approximate surface area is 129 Å². The lowest BCUT2D eigenvalue weighted by atomic mass is 9.67. The van der Waals surface area contributed by atoms with E-state index in [0.29, 0.717) is 6.04 Å². The minimum Gasteiger partial charge on any atom is -0.372 e. The second-order valence-electron chi connectivity index (χ2n) is 7.08. The molecule has 1 aromatic carbocycles. The first-order valence-corrected chi connectivity index (χ1v) is 8.64. The molecule has 1 fully saturated rings. The zero-order valence-electron chi connectivity index (χ0n) is 13.0. The van der Waals surface area contributed by atoms with Gasteiger partial charge in [-0.05, 0) is 17.9 Å². The molecule has 0 spiro atoms. The van der Waals surface area contributed by atoms with E-state index in [4.69, 9.17) is 0 Å². The minimum atomic E-state index is 0.583. The van der Waals surface area contributed by atoms with Gasteiger partial charge in [0.2, 0.25) is 0 Å². The summed E-state index contributed by atoms with van der Waals surface area (Å²) in [4.78, 5) is 2.57. The van der Waals surface area contributed by atoms with Gasteiger partial charge < -0.3 is 10.2 Å². The van der Waals surface area contributed by atoms with Crippen LogP contribution in [0.15, 0.2) is 30.5 Å². The van der Waals surface area contributed by atoms with Crippen LogP contribution < -0.4 is 5.32 Å². The fourth-order valence-electron chi connectivity index (χ4n) is 4.61. The van der Waals surface area contributed by atoms with Gasteiger partial charge in [-0.15, -0.1) is 0 Å². The molecular weight excluding hydrogens is 255 g/mol. The van der Waals surface area contributed by atoms with Gasteiger partial charge in [0.25, 0.3) is 0 Å². The quantitative estimate of drug-likeness (QED) is 0.855. The predicted octanol–water partition coefficient (Wildman–Crippen LogP) is 3.29. The molecule has 3 aliphatic rings. The van der Waals surface area contributed by atoms with Crippen molar-refractivity contribution < 1.29 is 0 Å². The molecule has 1 aliphatic carbocycles. The Morgan fingerprint density at radius 3 is 2.86 bits per heavy atom. The Balaban J connectivity index is 1.56. The average molecular weight is 280 g/mol. The van der Waals surface area contributed by atoms with Crippen molar-refractivity contribution in [1.82, 2.24) is 10.2 Å². The van der Waals surface area contributed by atoms with Crippen molar-refractivity contribution in [3.05, 3.63) is 41.6 Å². The van der Waals surface area contributed by atoms with Crippen molar-refractivity contribution in [3.8, 4) is 0 Å². The maximum Gasteiger partial charge on any atom is 0.105 e. The van der Waals surface area contributed by atoms with Crippen LogP contribution in [0.1, 0.15) is 55.7 Å². The van der Waals surface area contributed by atoms with E-state index >= 15 is 0 Å². The van der Waals surface area contributed by atoms with Crippen LogP contribution in [-0.2, 0) is 0 Å². The molecule has 4 rings (SSSR count). The van der Waals surface area contributed by atoms with E-state index in [2.05, 4.69) is 48.5 Å². The number of nitrogens with one attached hydrogen (secondary N) is 1. The summed E-state index contributed by atoms with van der Waals surface area (Å²) in [6, 6.07) is 9.58. The third kappa shape index (κ3) is 2.27. The van der Waals surface area contributed by atoms with Crippen LogP contribution in [0, 0.1) is 5.92 Å². The maximum atomic E-state index is 3.41. The zero-order valence-corrected chi connectivity index (χ0v) is 13.0. The lowest BCUT2D eigenvalue weighted by molar-refractivity contribution is 0.262. The Bertz CT molecular complexity index is 548. The van der Waals surface area contributed by atoms with E-state index in [9.17, 15) is 0 Å². The Morgan fingerprint density at radius 1 is 1.19 bits per heavy atom. The van der Waals surface area contributed by atoms with Gasteiger partial charge in [0.15, 0.2) is 0 Å². The van der Waals surface area contributed by atoms with Gasteiger partial charge in [0, 0.05) is 11.8 Å². The van der Waals surface area contributed by atoms with Crippen molar-refractivity contribution in [2.45, 2.75) is 50.4 Å². The Kier molecular flexibility index (Phi) is 3.44. The summed E-state index contributed by atoms with van der Waals surface area (Å²) in [6.45, 7) is 0.978. The molecule has 2 nitrogen and oxygen atoms in total. The zero-order chi connectivity index (χ0) is 14.2. The summed E-state index contributed by atoms with van der Waals surface area (Å²) in [5, 5.41) is 3.41. The lowest BCUT2D eigenvalue weighted by Gasteiger charge is -2.32. The summed E-state index contributed by atoms with van der Waals surface area (Å²) in [7, 11) is 2.49. The first kappa shape index (κ1) is 13.3. The van der Waals surface area contributed by atoms with Crippen LogP contribution in [-0.4, -0.2) is 19.4 Å². The van der Waals surface area contributed by atoms with Crippen LogP contribution in [0.5, 0.6) is 0 Å². The largest absolute Gasteiger partial charge is 0.372 e. The predicted molar refractivity (Wildman–Crippen MR) is 90.5 cm³/mol. The SMILES string of the molecule is B[C@H](C[C@@H]1c2ccccc2C2=CNCN21)C1CCCCC1. The molecule has 0 saturated heterocycles. The summed E-state index contributed by atoms with van der Waals surface area (Å²) in [5.41, 5.74) is 4.41. The molecule has 0 radical (unpaired) electrons. The van der Waals surface area contributed by atoms with Crippen LogP contribution in [0.2, 0.25) is 5.82 Å². The fraction of sp³-hybridized carbons (Fsp3) is 0.556. The maximum absolute atomic E-state index is 3.41. The van der Waals surface area contributed by atoms with Gasteiger partial charge >= 0.3 is 0 Å². The first-order valence-electron chi connectivity index (χ1n) is 8.64. The van der Waals surface area contributed by atoms with E-state index in [-0.39, 0.29) is 0 Å². The molecule has 0 bridgehead atoms. The van der Waals surface area contributed by atoms with Crippen LogP contribution >= 0.6 is 0 Å². The number of hydrogen-bond acceptors (Lipinski definition) is 2. The van der Waals surface area contributed by atoms with E-state index in [0.717, 1.165) is 18.4 Å². The van der Waals surface area contributed by atoms with Gasteiger partial charge in [-0.2, -0.15) is 0 Å². The third-order valence-electron chi connectivity index (χ3n) is 5.83. The molecule has 0 aromatic heterocycles. The topological polar surface area (TPSA) is 15.3 Å². The molecule has 1 aromatic rings. The van der Waals surface area contributed by atoms with Gasteiger partial charge in [-0.3, -0.25) is 0 Å². The molecule has 3 heteroatoms. The molecule has 110 valence electrons. The van der Waals surface area contributed by atoms with Crippen molar-refractivity contribution in [1.29, 1.82) is 0 Å². The Morgan fingerprint density at radius 2 is 2.00 bits per heavy atom. The molecule has 0 amide bonds. The Hall–Kier alpha value is -1.38. The summed E-state index contributed by atoms with van der Waals surface area (Å²) in [5.74, 6) is 1.79. The minimum absolute atomic E-state index is 0.583. The summed E-state index contributed by atoms with van der Waals surface area (Å²) in [6.07, 6.45) is 10.8. The van der Waals surface area contributed by atoms with Crippen molar-refractivity contribution >= 4 is 13.5 Å². The molecule has 2 atom stereocenters. The van der Waals surface area contributed by atoms with E-state index in [1.54, 1.807) is 5.56 Å². The molecule has 0 unspecified atom stereocenters. The fourth-order valence-corrected chi connectivity index (χ4v) is 4.61. The number of nitrogens with zero attached hydrogens (tertiary/aromatic N) is 1. The monoisotopic (exact) mass is 280 g/mol. The van der Waals surface area contributed by atoms with Crippen molar-refractivity contribution in [2.75, 3.05) is 6.67 Å². The number of rotatable bonds is 3. The molecule has 1 N–H and O–H groups in total. The molecule has 2 aliphatic heterocycles. The highest BCUT2D eigenvalue weighted by Crippen LogP contribution is 2.47. The summed E-state index contributed by atoms with van der Waals surface area (Å²) < 4.78 is 0. The average Bonchev–Trinajstić information content (AvgIpc) is 3.11. The second-order valence-corrected chi connectivity index (χ2v) is 7.08. The molecular formula is C18H25BN2. The highest BCUT2D eigenvalue weighted by Gasteiger charge is 2.37. The van der Waals surface area contributed by atoms with Crippen LogP contribution in [0.3, 0.4) is 0 Å². The van der Waals surface area contributed by atoms with Crippen molar-refractivity contribution in [2.24, 2.45) is 5.92 Å². The van der Waals surface area contributed by atoms with Gasteiger partial charge in [-0.1, -0.05) is 62.2 Å². The standard InChI is InChI=1S/C18H25BN2/c19-16(13-6-2-1-3-7-13)10-17-14-8-4-5-9-15(14)18-11-20-12-21(17)18/h4-5,8-9,11,13,16-17,20H,1-3,6-7,10,12,19H2/t16-,17-/m1/s1. The van der Waals surface area contributed by atoms with Crippen LogP contribution in [0.25, 0.3) is 5.70 Å². The van der Waals surface area contributed by atoms with E-state index in [1.165, 1.54) is 49.8 Å². The molecule has 21 heavy (non-hydrogen) atoms.